The number of nitrogens with one attached hydrogen (secondary N) is 1. The van der Waals surface area contributed by atoms with Crippen molar-refractivity contribution in [3.8, 4) is 0 Å². The van der Waals surface area contributed by atoms with Crippen LogP contribution in [-0.4, -0.2) is 23.7 Å². The van der Waals surface area contributed by atoms with Gasteiger partial charge in [0.1, 0.15) is 0 Å². The SMILES string of the molecule is C=CCSc1ccccc1NC(=O)N(C)Cc1ccccc1. The topological polar surface area (TPSA) is 32.3 Å². The average molecular weight is 312 g/mol. The summed E-state index contributed by atoms with van der Waals surface area (Å²) in [6.07, 6.45) is 1.85. The highest BCUT2D eigenvalue weighted by molar-refractivity contribution is 7.99. The molecule has 0 saturated carbocycles. The molecular weight excluding hydrogens is 292 g/mol. The summed E-state index contributed by atoms with van der Waals surface area (Å²) in [4.78, 5) is 15.0. The van der Waals surface area contributed by atoms with Crippen LogP contribution < -0.4 is 5.32 Å². The third-order valence-electron chi connectivity index (χ3n) is 3.09. The van der Waals surface area contributed by atoms with E-state index >= 15 is 0 Å². The Morgan fingerprint density at radius 3 is 2.59 bits per heavy atom. The molecule has 0 aliphatic carbocycles. The van der Waals surface area contributed by atoms with Gasteiger partial charge < -0.3 is 10.2 Å². The van der Waals surface area contributed by atoms with E-state index in [4.69, 9.17) is 0 Å². The number of thioether (sulfide) groups is 1. The number of nitrogens with zero attached hydrogens (tertiary/aromatic N) is 1. The molecule has 0 aliphatic heterocycles. The molecule has 0 aromatic heterocycles. The lowest BCUT2D eigenvalue weighted by Crippen LogP contribution is -2.31. The van der Waals surface area contributed by atoms with E-state index in [1.54, 1.807) is 23.7 Å². The van der Waals surface area contributed by atoms with Gasteiger partial charge in [-0.3, -0.25) is 0 Å². The van der Waals surface area contributed by atoms with Crippen molar-refractivity contribution in [2.75, 3.05) is 18.1 Å². The molecule has 2 rings (SSSR count). The molecule has 114 valence electrons. The largest absolute Gasteiger partial charge is 0.323 e. The first kappa shape index (κ1) is 16.2. The number of carbonyl (C=O) groups is 1. The van der Waals surface area contributed by atoms with Crippen LogP contribution in [0.15, 0.2) is 72.1 Å². The minimum atomic E-state index is -0.115. The third-order valence-corrected chi connectivity index (χ3v) is 4.16. The van der Waals surface area contributed by atoms with Crippen molar-refractivity contribution in [1.29, 1.82) is 0 Å². The molecule has 22 heavy (non-hydrogen) atoms. The molecule has 2 amide bonds. The van der Waals surface area contributed by atoms with Gasteiger partial charge in [-0.15, -0.1) is 18.3 Å². The number of hydrogen-bond donors (Lipinski definition) is 1. The zero-order chi connectivity index (χ0) is 15.8. The Bertz CT molecular complexity index is 628. The highest BCUT2D eigenvalue weighted by Gasteiger charge is 2.11. The zero-order valence-corrected chi connectivity index (χ0v) is 13.5. The van der Waals surface area contributed by atoms with Crippen molar-refractivity contribution in [2.24, 2.45) is 0 Å². The number of para-hydroxylation sites is 1. The number of hydrogen-bond acceptors (Lipinski definition) is 2. The second kappa shape index (κ2) is 8.29. The van der Waals surface area contributed by atoms with E-state index in [2.05, 4.69) is 11.9 Å². The minimum Gasteiger partial charge on any atom is -0.323 e. The van der Waals surface area contributed by atoms with E-state index in [-0.39, 0.29) is 6.03 Å². The molecule has 0 fully saturated rings. The standard InChI is InChI=1S/C18H20N2OS/c1-3-13-22-17-12-8-7-11-16(17)19-18(21)20(2)14-15-9-5-4-6-10-15/h3-12H,1,13-14H2,2H3,(H,19,21). The van der Waals surface area contributed by atoms with E-state index in [0.29, 0.717) is 6.54 Å². The van der Waals surface area contributed by atoms with Gasteiger partial charge in [-0.1, -0.05) is 48.5 Å². The molecular formula is C18H20N2OS. The number of rotatable bonds is 6. The molecule has 0 unspecified atom stereocenters. The van der Waals surface area contributed by atoms with Gasteiger partial charge in [0.2, 0.25) is 0 Å². The molecule has 4 heteroatoms. The fraction of sp³-hybridized carbons (Fsp3) is 0.167. The number of benzene rings is 2. The molecule has 2 aromatic carbocycles. The van der Waals surface area contributed by atoms with Crippen molar-refractivity contribution >= 4 is 23.5 Å². The van der Waals surface area contributed by atoms with Crippen molar-refractivity contribution in [2.45, 2.75) is 11.4 Å². The van der Waals surface area contributed by atoms with Crippen molar-refractivity contribution in [3.05, 3.63) is 72.8 Å². The molecule has 3 nitrogen and oxygen atoms in total. The van der Waals surface area contributed by atoms with Gasteiger partial charge in [0.15, 0.2) is 0 Å². The Labute approximate surface area is 136 Å². The van der Waals surface area contributed by atoms with Crippen LogP contribution >= 0.6 is 11.8 Å². The molecule has 0 spiro atoms. The summed E-state index contributed by atoms with van der Waals surface area (Å²) in [7, 11) is 1.79. The molecule has 1 N–H and O–H groups in total. The van der Waals surface area contributed by atoms with E-state index in [1.165, 1.54) is 0 Å². The Kier molecular flexibility index (Phi) is 6.10. The quantitative estimate of drug-likeness (QED) is 0.623. The maximum atomic E-state index is 12.3. The van der Waals surface area contributed by atoms with Gasteiger partial charge in [-0.25, -0.2) is 4.79 Å². The summed E-state index contributed by atoms with van der Waals surface area (Å²) in [5.41, 5.74) is 1.94. The lowest BCUT2D eigenvalue weighted by atomic mass is 10.2. The highest BCUT2D eigenvalue weighted by Crippen LogP contribution is 2.27. The van der Waals surface area contributed by atoms with Crippen LogP contribution in [0.1, 0.15) is 5.56 Å². The first-order valence-electron chi connectivity index (χ1n) is 7.09. The van der Waals surface area contributed by atoms with Gasteiger partial charge in [0.25, 0.3) is 0 Å². The molecule has 2 aromatic rings. The summed E-state index contributed by atoms with van der Waals surface area (Å²) in [6.45, 7) is 4.30. The van der Waals surface area contributed by atoms with Crippen LogP contribution in [0.2, 0.25) is 0 Å². The van der Waals surface area contributed by atoms with Gasteiger partial charge in [0.05, 0.1) is 5.69 Å². The summed E-state index contributed by atoms with van der Waals surface area (Å²) in [5, 5.41) is 2.97. The molecule has 0 aliphatic rings. The lowest BCUT2D eigenvalue weighted by molar-refractivity contribution is 0.220. The predicted molar refractivity (Wildman–Crippen MR) is 94.3 cm³/mol. The van der Waals surface area contributed by atoms with Gasteiger partial charge >= 0.3 is 6.03 Å². The normalized spacial score (nSPS) is 10.0. The lowest BCUT2D eigenvalue weighted by Gasteiger charge is -2.19. The maximum absolute atomic E-state index is 12.3. The molecule has 0 heterocycles. The summed E-state index contributed by atoms with van der Waals surface area (Å²) < 4.78 is 0. The van der Waals surface area contributed by atoms with E-state index in [9.17, 15) is 4.79 Å². The molecule has 0 radical (unpaired) electrons. The predicted octanol–water partition coefficient (Wildman–Crippen LogP) is 4.63. The van der Waals surface area contributed by atoms with Gasteiger partial charge in [-0.2, -0.15) is 0 Å². The van der Waals surface area contributed by atoms with Gasteiger partial charge in [-0.05, 0) is 17.7 Å². The van der Waals surface area contributed by atoms with Crippen LogP contribution in [0.25, 0.3) is 0 Å². The Hall–Kier alpha value is -2.20. The van der Waals surface area contributed by atoms with Crippen LogP contribution in [-0.2, 0) is 6.54 Å². The molecule has 0 saturated heterocycles. The number of urea groups is 1. The average Bonchev–Trinajstić information content (AvgIpc) is 2.55. The summed E-state index contributed by atoms with van der Waals surface area (Å²) in [5.74, 6) is 0.812. The Morgan fingerprint density at radius 2 is 1.86 bits per heavy atom. The van der Waals surface area contributed by atoms with E-state index in [1.807, 2.05) is 60.7 Å². The van der Waals surface area contributed by atoms with Crippen LogP contribution in [0.5, 0.6) is 0 Å². The minimum absolute atomic E-state index is 0.115. The second-order valence-corrected chi connectivity index (χ2v) is 5.93. The van der Waals surface area contributed by atoms with Crippen LogP contribution in [0.3, 0.4) is 0 Å². The van der Waals surface area contributed by atoms with Crippen LogP contribution in [0, 0.1) is 0 Å². The zero-order valence-electron chi connectivity index (χ0n) is 12.7. The first-order valence-corrected chi connectivity index (χ1v) is 8.08. The summed E-state index contributed by atoms with van der Waals surface area (Å²) in [6, 6.07) is 17.6. The number of amides is 2. The van der Waals surface area contributed by atoms with Gasteiger partial charge in [0, 0.05) is 24.2 Å². The first-order chi connectivity index (χ1) is 10.7. The van der Waals surface area contributed by atoms with Crippen molar-refractivity contribution < 1.29 is 4.79 Å². The molecule has 0 bridgehead atoms. The van der Waals surface area contributed by atoms with E-state index < -0.39 is 0 Å². The number of carbonyl (C=O) groups excluding carboxylic acids is 1. The smallest absolute Gasteiger partial charge is 0.321 e. The van der Waals surface area contributed by atoms with E-state index in [0.717, 1.165) is 21.9 Å². The Balaban J connectivity index is 2.00. The monoisotopic (exact) mass is 312 g/mol. The Morgan fingerprint density at radius 1 is 1.18 bits per heavy atom. The third kappa shape index (κ3) is 4.67. The second-order valence-electron chi connectivity index (χ2n) is 4.87. The maximum Gasteiger partial charge on any atom is 0.321 e. The number of anilines is 1. The van der Waals surface area contributed by atoms with Crippen LogP contribution in [0.4, 0.5) is 10.5 Å². The fourth-order valence-corrected chi connectivity index (χ4v) is 2.73. The molecule has 0 atom stereocenters. The van der Waals surface area contributed by atoms with Crippen molar-refractivity contribution in [1.82, 2.24) is 4.90 Å². The highest BCUT2D eigenvalue weighted by atomic mass is 32.2. The van der Waals surface area contributed by atoms with Crippen molar-refractivity contribution in [3.63, 3.8) is 0 Å². The fourth-order valence-electron chi connectivity index (χ4n) is 1.98. The summed E-state index contributed by atoms with van der Waals surface area (Å²) >= 11 is 1.65.